The molecule has 0 saturated heterocycles. The first-order valence-electron chi connectivity index (χ1n) is 10.3. The lowest BCUT2D eigenvalue weighted by atomic mass is 10.2. The van der Waals surface area contributed by atoms with E-state index in [0.717, 1.165) is 5.56 Å². The maximum atomic E-state index is 12.5. The quantitative estimate of drug-likeness (QED) is 0.525. The van der Waals surface area contributed by atoms with Gasteiger partial charge in [-0.3, -0.25) is 0 Å². The van der Waals surface area contributed by atoms with Crippen molar-refractivity contribution in [1.29, 1.82) is 0 Å². The van der Waals surface area contributed by atoms with E-state index >= 15 is 0 Å². The van der Waals surface area contributed by atoms with Crippen LogP contribution in [0.15, 0.2) is 47.4 Å². The second kappa shape index (κ2) is 11.8. The van der Waals surface area contributed by atoms with Gasteiger partial charge in [-0.05, 0) is 35.4 Å². The number of amides is 2. The molecule has 8 nitrogen and oxygen atoms in total. The van der Waals surface area contributed by atoms with Crippen molar-refractivity contribution in [3.63, 3.8) is 0 Å². The number of methoxy groups -OCH3 is 1. The molecule has 2 aromatic rings. The Balaban J connectivity index is 1.96. The summed E-state index contributed by atoms with van der Waals surface area (Å²) >= 11 is 0. The lowest BCUT2D eigenvalue weighted by Crippen LogP contribution is -2.36. The SMILES string of the molecule is CCN(CC)S(=O)(=O)c1ccc(CNC(=O)N(C)Cc2ccc(OC(F)F)c(OC)c2)cc1. The highest BCUT2D eigenvalue weighted by Gasteiger charge is 2.21. The summed E-state index contributed by atoms with van der Waals surface area (Å²) in [5.74, 6) is 0.0520. The van der Waals surface area contributed by atoms with Crippen LogP contribution in [-0.4, -0.2) is 57.5 Å². The van der Waals surface area contributed by atoms with Crippen molar-refractivity contribution >= 4 is 16.1 Å². The molecule has 0 bridgehead atoms. The number of urea groups is 1. The number of nitrogens with zero attached hydrogens (tertiary/aromatic N) is 2. The van der Waals surface area contributed by atoms with Gasteiger partial charge in [0.2, 0.25) is 10.0 Å². The Labute approximate surface area is 193 Å². The number of ether oxygens (including phenoxy) is 2. The third-order valence-corrected chi connectivity index (χ3v) is 6.98. The third kappa shape index (κ3) is 7.03. The van der Waals surface area contributed by atoms with Crippen LogP contribution in [0.5, 0.6) is 11.5 Å². The fraction of sp³-hybridized carbons (Fsp3) is 0.409. The Morgan fingerprint density at radius 2 is 1.64 bits per heavy atom. The maximum Gasteiger partial charge on any atom is 0.387 e. The molecular formula is C22H29F2N3O5S. The van der Waals surface area contributed by atoms with E-state index in [2.05, 4.69) is 10.1 Å². The van der Waals surface area contributed by atoms with Crippen LogP contribution in [-0.2, 0) is 23.1 Å². The lowest BCUT2D eigenvalue weighted by Gasteiger charge is -2.20. The number of nitrogens with one attached hydrogen (secondary N) is 1. The fourth-order valence-corrected chi connectivity index (χ4v) is 4.61. The van der Waals surface area contributed by atoms with E-state index in [1.807, 2.05) is 0 Å². The average Bonchev–Trinajstić information content (AvgIpc) is 2.78. The van der Waals surface area contributed by atoms with Crippen molar-refractivity contribution in [2.45, 2.75) is 38.4 Å². The highest BCUT2D eigenvalue weighted by atomic mass is 32.2. The summed E-state index contributed by atoms with van der Waals surface area (Å²) in [5, 5.41) is 2.76. The van der Waals surface area contributed by atoms with Crippen molar-refractivity contribution in [2.75, 3.05) is 27.2 Å². The largest absolute Gasteiger partial charge is 0.493 e. The molecule has 0 aliphatic rings. The third-order valence-electron chi connectivity index (χ3n) is 4.92. The first kappa shape index (κ1) is 26.3. The number of rotatable bonds is 11. The summed E-state index contributed by atoms with van der Waals surface area (Å²) in [6.45, 7) is 1.78. The highest BCUT2D eigenvalue weighted by Crippen LogP contribution is 2.29. The molecule has 0 aliphatic heterocycles. The molecule has 0 aliphatic carbocycles. The Bertz CT molecular complexity index is 1030. The predicted molar refractivity (Wildman–Crippen MR) is 120 cm³/mol. The van der Waals surface area contributed by atoms with Crippen LogP contribution in [0.3, 0.4) is 0 Å². The number of carbonyl (C=O) groups excluding carboxylic acids is 1. The summed E-state index contributed by atoms with van der Waals surface area (Å²) in [7, 11) is -0.608. The lowest BCUT2D eigenvalue weighted by molar-refractivity contribution is -0.0512. The molecule has 0 spiro atoms. The van der Waals surface area contributed by atoms with Crippen LogP contribution in [0.1, 0.15) is 25.0 Å². The zero-order valence-electron chi connectivity index (χ0n) is 19.0. The van der Waals surface area contributed by atoms with Crippen LogP contribution in [0.4, 0.5) is 13.6 Å². The van der Waals surface area contributed by atoms with Gasteiger partial charge in [0.1, 0.15) is 0 Å². The molecule has 2 rings (SSSR count). The van der Waals surface area contributed by atoms with E-state index in [-0.39, 0.29) is 35.5 Å². The zero-order valence-corrected chi connectivity index (χ0v) is 19.9. The van der Waals surface area contributed by atoms with Crippen molar-refractivity contribution in [3.05, 3.63) is 53.6 Å². The molecule has 33 heavy (non-hydrogen) atoms. The number of benzene rings is 2. The molecule has 0 saturated carbocycles. The highest BCUT2D eigenvalue weighted by molar-refractivity contribution is 7.89. The molecule has 2 amide bonds. The van der Waals surface area contributed by atoms with Crippen LogP contribution in [0.25, 0.3) is 0 Å². The fourth-order valence-electron chi connectivity index (χ4n) is 3.15. The van der Waals surface area contributed by atoms with E-state index in [0.29, 0.717) is 18.7 Å². The Morgan fingerprint density at radius 1 is 1.03 bits per heavy atom. The Hall–Kier alpha value is -2.92. The molecule has 0 unspecified atom stereocenters. The molecule has 2 aromatic carbocycles. The van der Waals surface area contributed by atoms with Gasteiger partial charge in [-0.25, -0.2) is 13.2 Å². The summed E-state index contributed by atoms with van der Waals surface area (Å²) in [4.78, 5) is 14.1. The molecule has 0 atom stereocenters. The van der Waals surface area contributed by atoms with Gasteiger partial charge >= 0.3 is 12.6 Å². The molecule has 0 radical (unpaired) electrons. The smallest absolute Gasteiger partial charge is 0.387 e. The normalized spacial score (nSPS) is 11.5. The van der Waals surface area contributed by atoms with Crippen molar-refractivity contribution in [3.8, 4) is 11.5 Å². The summed E-state index contributed by atoms with van der Waals surface area (Å²) < 4.78 is 60.9. The standard InChI is InChI=1S/C22H29F2N3O5S/c1-5-27(6-2)33(29,30)18-10-7-16(8-11-18)14-25-22(28)26(3)15-17-9-12-19(32-21(23)24)20(13-17)31-4/h7-13,21H,5-6,14-15H2,1-4H3,(H,25,28). The van der Waals surface area contributed by atoms with Crippen molar-refractivity contribution in [1.82, 2.24) is 14.5 Å². The van der Waals surface area contributed by atoms with Crippen LogP contribution >= 0.6 is 0 Å². The van der Waals surface area contributed by atoms with Crippen LogP contribution < -0.4 is 14.8 Å². The Kier molecular flexibility index (Phi) is 9.42. The van der Waals surface area contributed by atoms with Gasteiger partial charge in [0.25, 0.3) is 0 Å². The molecule has 182 valence electrons. The van der Waals surface area contributed by atoms with Gasteiger partial charge in [0.15, 0.2) is 11.5 Å². The predicted octanol–water partition coefficient (Wildman–Crippen LogP) is 3.67. The summed E-state index contributed by atoms with van der Waals surface area (Å²) in [6, 6.07) is 10.5. The number of carbonyl (C=O) groups is 1. The Morgan fingerprint density at radius 3 is 2.18 bits per heavy atom. The van der Waals surface area contributed by atoms with Gasteiger partial charge < -0.3 is 19.7 Å². The van der Waals surface area contributed by atoms with E-state index in [4.69, 9.17) is 4.74 Å². The minimum Gasteiger partial charge on any atom is -0.493 e. The minimum absolute atomic E-state index is 0.0881. The summed E-state index contributed by atoms with van der Waals surface area (Å²) in [5.41, 5.74) is 1.41. The van der Waals surface area contributed by atoms with Crippen LogP contribution in [0.2, 0.25) is 0 Å². The number of sulfonamides is 1. The molecule has 11 heteroatoms. The van der Waals surface area contributed by atoms with Gasteiger partial charge in [-0.1, -0.05) is 32.0 Å². The number of hydrogen-bond acceptors (Lipinski definition) is 5. The monoisotopic (exact) mass is 485 g/mol. The average molecular weight is 486 g/mol. The second-order valence-electron chi connectivity index (χ2n) is 7.11. The number of halogens is 2. The molecule has 0 aromatic heterocycles. The van der Waals surface area contributed by atoms with Gasteiger partial charge in [0.05, 0.1) is 12.0 Å². The van der Waals surface area contributed by atoms with Gasteiger partial charge in [-0.2, -0.15) is 13.1 Å². The van der Waals surface area contributed by atoms with E-state index in [1.165, 1.54) is 40.6 Å². The maximum absolute atomic E-state index is 12.5. The molecule has 1 N–H and O–H groups in total. The molecular weight excluding hydrogens is 456 g/mol. The second-order valence-corrected chi connectivity index (χ2v) is 9.05. The van der Waals surface area contributed by atoms with Crippen LogP contribution in [0, 0.1) is 0 Å². The first-order valence-corrected chi connectivity index (χ1v) is 11.8. The molecule has 0 heterocycles. The zero-order chi connectivity index (χ0) is 24.6. The van der Waals surface area contributed by atoms with E-state index in [9.17, 15) is 22.0 Å². The van der Waals surface area contributed by atoms with Crippen molar-refractivity contribution < 1.29 is 31.5 Å². The van der Waals surface area contributed by atoms with Gasteiger partial charge in [0, 0.05) is 33.2 Å². The van der Waals surface area contributed by atoms with Gasteiger partial charge in [-0.15, -0.1) is 0 Å². The topological polar surface area (TPSA) is 88.2 Å². The number of hydrogen-bond donors (Lipinski definition) is 1. The first-order chi connectivity index (χ1) is 15.6. The number of alkyl halides is 2. The minimum atomic E-state index is -3.54. The molecule has 0 fully saturated rings. The van der Waals surface area contributed by atoms with E-state index < -0.39 is 16.6 Å². The summed E-state index contributed by atoms with van der Waals surface area (Å²) in [6.07, 6.45) is 0. The van der Waals surface area contributed by atoms with Crippen molar-refractivity contribution in [2.24, 2.45) is 0 Å². The van der Waals surface area contributed by atoms with E-state index in [1.54, 1.807) is 39.1 Å².